The molecule has 5 nitrogen and oxygen atoms in total. The molecule has 1 N–H and O–H groups in total. The van der Waals surface area contributed by atoms with E-state index in [9.17, 15) is 14.4 Å². The van der Waals surface area contributed by atoms with E-state index < -0.39 is 17.9 Å². The van der Waals surface area contributed by atoms with Gasteiger partial charge in [0, 0.05) is 19.3 Å². The molecule has 0 fully saturated rings. The lowest BCUT2D eigenvalue weighted by Crippen LogP contribution is -2.12. The SMILES string of the molecule is CCCCCCCCC=CCCCCCCCC(=O)OC(=O)CCCCC(=O)O. The number of hydrogen-bond acceptors (Lipinski definition) is 4. The Morgan fingerprint density at radius 1 is 0.621 bits per heavy atom. The first kappa shape index (κ1) is 27.4. The van der Waals surface area contributed by atoms with Crippen LogP contribution < -0.4 is 0 Å². The summed E-state index contributed by atoms with van der Waals surface area (Å²) in [5.41, 5.74) is 0. The summed E-state index contributed by atoms with van der Waals surface area (Å²) in [5, 5.41) is 8.51. The van der Waals surface area contributed by atoms with Crippen molar-refractivity contribution in [2.45, 2.75) is 122 Å². The highest BCUT2D eigenvalue weighted by atomic mass is 16.6. The quantitative estimate of drug-likeness (QED) is 0.104. The molecule has 0 aromatic rings. The van der Waals surface area contributed by atoms with Crippen molar-refractivity contribution in [2.75, 3.05) is 0 Å². The number of esters is 2. The summed E-state index contributed by atoms with van der Waals surface area (Å²) >= 11 is 0. The summed E-state index contributed by atoms with van der Waals surface area (Å²) in [5.74, 6) is -1.89. The Morgan fingerprint density at radius 3 is 1.55 bits per heavy atom. The third-order valence-corrected chi connectivity index (χ3v) is 4.89. The van der Waals surface area contributed by atoms with Gasteiger partial charge in [-0.1, -0.05) is 70.4 Å². The van der Waals surface area contributed by atoms with Crippen LogP contribution in [0.1, 0.15) is 122 Å². The van der Waals surface area contributed by atoms with Crippen LogP contribution in [0.3, 0.4) is 0 Å². The Balaban J connectivity index is 3.36. The minimum Gasteiger partial charge on any atom is -0.481 e. The molecule has 0 spiro atoms. The van der Waals surface area contributed by atoms with Crippen LogP contribution in [0.2, 0.25) is 0 Å². The van der Waals surface area contributed by atoms with Crippen molar-refractivity contribution in [1.82, 2.24) is 0 Å². The Labute approximate surface area is 177 Å². The highest BCUT2D eigenvalue weighted by Crippen LogP contribution is 2.10. The average molecular weight is 411 g/mol. The van der Waals surface area contributed by atoms with Crippen molar-refractivity contribution >= 4 is 17.9 Å². The topological polar surface area (TPSA) is 80.7 Å². The molecule has 0 aliphatic rings. The molecule has 0 aliphatic carbocycles. The van der Waals surface area contributed by atoms with Gasteiger partial charge in [0.2, 0.25) is 0 Å². The fourth-order valence-electron chi connectivity index (χ4n) is 3.11. The summed E-state index contributed by atoms with van der Waals surface area (Å²) < 4.78 is 4.74. The summed E-state index contributed by atoms with van der Waals surface area (Å²) in [6, 6.07) is 0. The van der Waals surface area contributed by atoms with E-state index in [1.54, 1.807) is 0 Å². The smallest absolute Gasteiger partial charge is 0.313 e. The maximum absolute atomic E-state index is 11.6. The maximum Gasteiger partial charge on any atom is 0.313 e. The molecule has 0 aromatic heterocycles. The summed E-state index contributed by atoms with van der Waals surface area (Å²) in [6.07, 6.45) is 21.5. The molecule has 0 atom stereocenters. The van der Waals surface area contributed by atoms with Crippen molar-refractivity contribution in [1.29, 1.82) is 0 Å². The molecule has 0 radical (unpaired) electrons. The van der Waals surface area contributed by atoms with Gasteiger partial charge < -0.3 is 9.84 Å². The fraction of sp³-hybridized carbons (Fsp3) is 0.792. The van der Waals surface area contributed by atoms with Crippen molar-refractivity contribution in [3.8, 4) is 0 Å². The average Bonchev–Trinajstić information content (AvgIpc) is 2.68. The second-order valence-corrected chi connectivity index (χ2v) is 7.78. The van der Waals surface area contributed by atoms with Crippen LogP contribution in [0.25, 0.3) is 0 Å². The van der Waals surface area contributed by atoms with Crippen LogP contribution in [0.4, 0.5) is 0 Å². The molecule has 168 valence electrons. The number of allylic oxidation sites excluding steroid dienone is 2. The van der Waals surface area contributed by atoms with Gasteiger partial charge in [-0.15, -0.1) is 0 Å². The lowest BCUT2D eigenvalue weighted by Gasteiger charge is -2.03. The standard InChI is InChI=1S/C24H42O5/c1-2-3-4-5-6-7-8-9-10-11-12-13-14-15-16-20-23(27)29-24(28)21-18-17-19-22(25)26/h9-10H,2-8,11-21H2,1H3,(H,25,26). The minimum atomic E-state index is -0.876. The molecule has 0 aliphatic heterocycles. The van der Waals surface area contributed by atoms with Gasteiger partial charge in [0.1, 0.15) is 0 Å². The summed E-state index contributed by atoms with van der Waals surface area (Å²) in [6.45, 7) is 2.25. The molecule has 5 heteroatoms. The lowest BCUT2D eigenvalue weighted by atomic mass is 10.1. The Bertz CT molecular complexity index is 456. The third-order valence-electron chi connectivity index (χ3n) is 4.89. The number of carbonyl (C=O) groups excluding carboxylic acids is 2. The molecular formula is C24H42O5. The predicted molar refractivity (Wildman–Crippen MR) is 117 cm³/mol. The second-order valence-electron chi connectivity index (χ2n) is 7.78. The maximum atomic E-state index is 11.6. The van der Waals surface area contributed by atoms with Gasteiger partial charge in [-0.3, -0.25) is 14.4 Å². The van der Waals surface area contributed by atoms with E-state index in [4.69, 9.17) is 9.84 Å². The molecule has 0 unspecified atom stereocenters. The number of rotatable bonds is 20. The first-order valence-electron chi connectivity index (χ1n) is 11.7. The molecule has 29 heavy (non-hydrogen) atoms. The van der Waals surface area contributed by atoms with Gasteiger partial charge in [-0.25, -0.2) is 0 Å². The molecule has 0 heterocycles. The van der Waals surface area contributed by atoms with Crippen molar-refractivity contribution < 1.29 is 24.2 Å². The number of aliphatic carboxylic acids is 1. The lowest BCUT2D eigenvalue weighted by molar-refractivity contribution is -0.160. The zero-order valence-corrected chi connectivity index (χ0v) is 18.5. The molecule has 0 rings (SSSR count). The van der Waals surface area contributed by atoms with Crippen molar-refractivity contribution in [3.05, 3.63) is 12.2 Å². The van der Waals surface area contributed by atoms with E-state index >= 15 is 0 Å². The molecule has 0 saturated carbocycles. The second kappa shape index (κ2) is 21.1. The highest BCUT2D eigenvalue weighted by molar-refractivity contribution is 5.85. The largest absolute Gasteiger partial charge is 0.481 e. The first-order chi connectivity index (χ1) is 14.1. The van der Waals surface area contributed by atoms with Crippen LogP contribution in [-0.2, 0) is 19.1 Å². The van der Waals surface area contributed by atoms with Crippen LogP contribution in [0.15, 0.2) is 12.2 Å². The Morgan fingerprint density at radius 2 is 1.03 bits per heavy atom. The van der Waals surface area contributed by atoms with E-state index in [2.05, 4.69) is 19.1 Å². The van der Waals surface area contributed by atoms with Crippen molar-refractivity contribution in [3.63, 3.8) is 0 Å². The third kappa shape index (κ3) is 22.5. The van der Waals surface area contributed by atoms with Gasteiger partial charge >= 0.3 is 17.9 Å². The van der Waals surface area contributed by atoms with E-state index in [0.29, 0.717) is 12.8 Å². The molecule has 0 amide bonds. The summed E-state index contributed by atoms with van der Waals surface area (Å²) in [4.78, 5) is 33.4. The van der Waals surface area contributed by atoms with Gasteiger partial charge in [-0.2, -0.15) is 0 Å². The Kier molecular flexibility index (Phi) is 19.9. The number of hydrogen-bond donors (Lipinski definition) is 1. The van der Waals surface area contributed by atoms with Gasteiger partial charge in [0.15, 0.2) is 0 Å². The predicted octanol–water partition coefficient (Wildman–Crippen LogP) is 6.74. The van der Waals surface area contributed by atoms with Crippen LogP contribution in [-0.4, -0.2) is 23.0 Å². The van der Waals surface area contributed by atoms with Gasteiger partial charge in [0.05, 0.1) is 0 Å². The number of carboxylic acids is 1. The number of carboxylic acid groups (broad SMARTS) is 1. The molecular weight excluding hydrogens is 368 g/mol. The van der Waals surface area contributed by atoms with Crippen LogP contribution in [0.5, 0.6) is 0 Å². The molecule has 0 saturated heterocycles. The number of ether oxygens (including phenoxy) is 1. The monoisotopic (exact) mass is 410 g/mol. The van der Waals surface area contributed by atoms with Gasteiger partial charge in [-0.05, 0) is 44.9 Å². The molecule has 0 aromatic carbocycles. The number of unbranched alkanes of at least 4 members (excludes halogenated alkanes) is 12. The van der Waals surface area contributed by atoms with Gasteiger partial charge in [0.25, 0.3) is 0 Å². The van der Waals surface area contributed by atoms with Crippen molar-refractivity contribution in [2.24, 2.45) is 0 Å². The van der Waals surface area contributed by atoms with E-state index in [1.165, 1.54) is 57.8 Å². The number of carbonyl (C=O) groups is 3. The summed E-state index contributed by atoms with van der Waals surface area (Å²) in [7, 11) is 0. The van der Waals surface area contributed by atoms with E-state index in [-0.39, 0.29) is 19.3 Å². The Hall–Kier alpha value is -1.65. The zero-order valence-electron chi connectivity index (χ0n) is 18.5. The first-order valence-corrected chi connectivity index (χ1v) is 11.7. The zero-order chi connectivity index (χ0) is 21.6. The minimum absolute atomic E-state index is 0.0378. The molecule has 0 bridgehead atoms. The highest BCUT2D eigenvalue weighted by Gasteiger charge is 2.10. The van der Waals surface area contributed by atoms with Crippen LogP contribution in [0, 0.1) is 0 Å². The van der Waals surface area contributed by atoms with E-state index in [1.807, 2.05) is 0 Å². The van der Waals surface area contributed by atoms with Crippen LogP contribution >= 0.6 is 0 Å². The normalized spacial score (nSPS) is 11.1. The fourth-order valence-corrected chi connectivity index (χ4v) is 3.11. The van der Waals surface area contributed by atoms with E-state index in [0.717, 1.165) is 25.7 Å².